The van der Waals surface area contributed by atoms with E-state index >= 15 is 0 Å². The zero-order valence-electron chi connectivity index (χ0n) is 77.6. The lowest BCUT2D eigenvalue weighted by molar-refractivity contribution is -0.00632. The third-order valence-electron chi connectivity index (χ3n) is 29.3. The molecule has 0 fully saturated rings. The fourth-order valence-corrected chi connectivity index (χ4v) is 22.3. The van der Waals surface area contributed by atoms with Crippen LogP contribution >= 0.6 is 0 Å². The van der Waals surface area contributed by atoms with Gasteiger partial charge in [-0.1, -0.05) is 360 Å². The number of hydrogen-bond donors (Lipinski definition) is 0. The van der Waals surface area contributed by atoms with Crippen molar-refractivity contribution >= 4 is 25.0 Å². The van der Waals surface area contributed by atoms with Gasteiger partial charge < -0.3 is 27.5 Å². The number of hydrogen-bond acceptors (Lipinski definition) is 6. The molecule has 0 atom stereocenters. The summed E-state index contributed by atoms with van der Waals surface area (Å²) >= 11 is 0. The van der Waals surface area contributed by atoms with Crippen molar-refractivity contribution in [3.63, 3.8) is 0 Å². The Balaban J connectivity index is 1.13. The molecule has 13 aromatic carbocycles. The van der Waals surface area contributed by atoms with Crippen molar-refractivity contribution in [3.05, 3.63) is 443 Å². The summed E-state index contributed by atoms with van der Waals surface area (Å²) in [6, 6.07) is 114. The van der Waals surface area contributed by atoms with E-state index in [4.69, 9.17) is 27.5 Å². The van der Waals surface area contributed by atoms with Crippen molar-refractivity contribution in [1.29, 1.82) is 0 Å². The largest absolute Gasteiger partial charge is 0.543 e. The molecule has 0 spiro atoms. The molecule has 0 bridgehead atoms. The predicted octanol–water partition coefficient (Wildman–Crippen LogP) is 29.8. The summed E-state index contributed by atoms with van der Waals surface area (Å²) in [6.45, 7) is 36.5. The van der Waals surface area contributed by atoms with Gasteiger partial charge in [-0.2, -0.15) is 0 Å². The van der Waals surface area contributed by atoms with Crippen molar-refractivity contribution in [2.24, 2.45) is 0 Å². The van der Waals surface area contributed by atoms with E-state index in [0.717, 1.165) is 194 Å². The molecule has 648 valence electrons. The molecule has 0 aliphatic heterocycles. The van der Waals surface area contributed by atoms with Crippen LogP contribution in [0.4, 0.5) is 0 Å². The molecular weight excluding hydrogens is 1590 g/mol. The normalized spacial score (nSPS) is 14.2. The van der Waals surface area contributed by atoms with Crippen LogP contribution in [-0.4, -0.2) is 25.0 Å². The number of aryl methyl sites for hydroxylation is 5. The van der Waals surface area contributed by atoms with Gasteiger partial charge in [-0.05, 0) is 277 Å². The molecule has 0 saturated heterocycles. The molecule has 126 heavy (non-hydrogen) atoms. The van der Waals surface area contributed by atoms with Crippen LogP contribution in [0.3, 0.4) is 0 Å². The van der Waals surface area contributed by atoms with Crippen LogP contribution in [0.1, 0.15) is 234 Å². The van der Waals surface area contributed by atoms with Gasteiger partial charge in [0.25, 0.3) is 8.32 Å². The lowest BCUT2D eigenvalue weighted by atomic mass is 9.77. The highest BCUT2D eigenvalue weighted by Gasteiger charge is 2.47. The smallest absolute Gasteiger partial charge is 0.250 e. The molecular formula is C117H132O6Si3. The average Bonchev–Trinajstić information content (AvgIpc) is 0.628. The zero-order chi connectivity index (χ0) is 88.1. The first-order valence-electron chi connectivity index (χ1n) is 46.7. The topological polar surface area (TPSA) is 55.4 Å². The first-order chi connectivity index (χ1) is 60.6. The van der Waals surface area contributed by atoms with Gasteiger partial charge in [0, 0.05) is 19.3 Å². The van der Waals surface area contributed by atoms with E-state index in [9.17, 15) is 0 Å². The Kier molecular flexibility index (Phi) is 26.4. The molecule has 0 radical (unpaired) electrons. The monoisotopic (exact) mass is 1720 g/mol. The highest BCUT2D eigenvalue weighted by Crippen LogP contribution is 2.53. The summed E-state index contributed by atoms with van der Waals surface area (Å²) in [5.41, 5.74) is 24.1. The van der Waals surface area contributed by atoms with Crippen LogP contribution < -0.4 is 13.3 Å². The molecule has 0 aromatic heterocycles. The maximum absolute atomic E-state index is 8.82. The van der Waals surface area contributed by atoms with Crippen molar-refractivity contribution < 1.29 is 27.5 Å². The Morgan fingerprint density at radius 1 is 0.230 bits per heavy atom. The van der Waals surface area contributed by atoms with Gasteiger partial charge in [0.1, 0.15) is 34.1 Å². The molecule has 3 aliphatic carbocycles. The highest BCUT2D eigenvalue weighted by molar-refractivity contribution is 6.75. The van der Waals surface area contributed by atoms with Crippen molar-refractivity contribution in [2.45, 2.75) is 250 Å². The van der Waals surface area contributed by atoms with Gasteiger partial charge in [-0.25, -0.2) is 0 Å². The lowest BCUT2D eigenvalue weighted by Crippen LogP contribution is -2.44. The van der Waals surface area contributed by atoms with Crippen molar-refractivity contribution in [2.75, 3.05) is 0 Å². The van der Waals surface area contributed by atoms with E-state index in [-0.39, 0.29) is 34.9 Å². The number of rotatable bonds is 30. The number of ether oxygens (including phenoxy) is 3. The fraction of sp³-hybridized carbons (Fsp3) is 0.333. The molecule has 6 nitrogen and oxygen atoms in total. The lowest BCUT2D eigenvalue weighted by Gasteiger charge is -2.40. The first kappa shape index (κ1) is 89.2. The van der Waals surface area contributed by atoms with E-state index < -0.39 is 41.8 Å². The molecule has 13 aromatic rings. The maximum Gasteiger partial charge on any atom is 0.250 e. The summed E-state index contributed by atoms with van der Waals surface area (Å²) < 4.78 is 50.8. The van der Waals surface area contributed by atoms with Crippen molar-refractivity contribution in [3.8, 4) is 17.2 Å². The van der Waals surface area contributed by atoms with E-state index in [1.165, 1.54) is 33.4 Å². The zero-order valence-corrected chi connectivity index (χ0v) is 80.6. The predicted molar refractivity (Wildman–Crippen MR) is 530 cm³/mol. The van der Waals surface area contributed by atoms with Gasteiger partial charge in [0.05, 0.1) is 19.8 Å². The maximum atomic E-state index is 8.82. The molecule has 0 N–H and O–H groups in total. The van der Waals surface area contributed by atoms with E-state index in [1.807, 2.05) is 0 Å². The molecule has 16 rings (SSSR count). The van der Waals surface area contributed by atoms with Gasteiger partial charge in [0.2, 0.25) is 16.6 Å². The Labute approximate surface area is 757 Å². The van der Waals surface area contributed by atoms with Gasteiger partial charge in [-0.15, -0.1) is 0 Å². The summed E-state index contributed by atoms with van der Waals surface area (Å²) in [5, 5.41) is -0.379. The Morgan fingerprint density at radius 2 is 0.452 bits per heavy atom. The van der Waals surface area contributed by atoms with Crippen LogP contribution in [0.15, 0.2) is 309 Å². The van der Waals surface area contributed by atoms with Crippen LogP contribution in [0.5, 0.6) is 17.2 Å². The summed E-state index contributed by atoms with van der Waals surface area (Å²) in [4.78, 5) is 0. The van der Waals surface area contributed by atoms with Gasteiger partial charge in [0.15, 0.2) is 0 Å². The third kappa shape index (κ3) is 18.2. The summed E-state index contributed by atoms with van der Waals surface area (Å²) in [7, 11) is -7.84. The molecule has 0 heterocycles. The SMILES string of the molecule is CC(C)(C)[Si](C)(C)Oc1cc2c(cc1Cc1c(COC(c3ccccc3)(c3ccccc3)c3ccccc3)c(Cc3cc4c(cc3O[Si](C)(C)C(C)(C)C)CCCC4)c(COC(c3ccccc3)(c3ccccc3)c3ccccc3)c(Cc3ccc4c(c3O[Si](C)(C)C(C)(C)C)CCCC4)c1COC(c1ccccc1)(c1ccccc1)c1ccccc1)CCCC2. The second-order valence-electron chi connectivity index (χ2n) is 40.5. The van der Waals surface area contributed by atoms with E-state index in [2.05, 4.69) is 411 Å². The average molecular weight is 1720 g/mol. The first-order valence-corrected chi connectivity index (χ1v) is 55.4. The minimum atomic E-state index is -2.62. The second-order valence-corrected chi connectivity index (χ2v) is 54.6. The van der Waals surface area contributed by atoms with Gasteiger partial charge in [-0.3, -0.25) is 0 Å². The minimum Gasteiger partial charge on any atom is -0.543 e. The van der Waals surface area contributed by atoms with Crippen LogP contribution in [0, 0.1) is 0 Å². The summed E-state index contributed by atoms with van der Waals surface area (Å²) in [6.07, 6.45) is 14.1. The van der Waals surface area contributed by atoms with E-state index in [1.54, 1.807) is 0 Å². The van der Waals surface area contributed by atoms with Crippen LogP contribution in [0.25, 0.3) is 0 Å². The number of benzene rings is 13. The Hall–Kier alpha value is -10.2. The molecule has 0 amide bonds. The molecule has 0 unspecified atom stereocenters. The fourth-order valence-electron chi connectivity index (χ4n) is 19.1. The Morgan fingerprint density at radius 3 is 0.706 bits per heavy atom. The molecule has 3 aliphatic rings. The van der Waals surface area contributed by atoms with Crippen LogP contribution in [-0.2, 0) is 109 Å². The standard InChI is InChI=1S/C117H132O6Si3/c1-112(2,3)124(10,11)121-109-80-88-52-45-43-50-86(88)75-91(109)78-104-106(82-118-115(93-54-25-16-26-55-93,94-56-27-17-28-57-94)95-58-29-18-30-59-95)103(77-90-74-73-85-49-47-48-72-102(85)111(90)123-126(14,15)114(7,8)9)107(83-119-116(96-60-31-19-32-61-96,97-62-33-20-34-63-97)98-64-35-21-36-65-98)105(79-92-76-87-51-44-46-53-89(87)81-110(92)122-125(12,13)113(4,5)6)108(104)84-120-117(99-66-37-22-38-67-99,100-68-39-23-40-69-100)101-70-41-24-42-71-101/h16-42,54-71,73-76,80-81H,43-53,72,77-79,82-84H2,1-15H3. The van der Waals surface area contributed by atoms with Crippen molar-refractivity contribution in [1.82, 2.24) is 0 Å². The molecule has 0 saturated carbocycles. The summed E-state index contributed by atoms with van der Waals surface area (Å²) in [5.74, 6) is 2.98. The second kappa shape index (κ2) is 37.2. The number of fused-ring (bicyclic) bond motifs is 3. The quantitative estimate of drug-likeness (QED) is 0.0330. The minimum absolute atomic E-state index is 0.125. The highest BCUT2D eigenvalue weighted by atomic mass is 28.4. The molecule has 9 heteroatoms. The van der Waals surface area contributed by atoms with Crippen LogP contribution in [0.2, 0.25) is 54.4 Å². The Bertz CT molecular complexity index is 5090. The van der Waals surface area contributed by atoms with E-state index in [0.29, 0.717) is 19.3 Å². The van der Waals surface area contributed by atoms with Gasteiger partial charge >= 0.3 is 0 Å². The third-order valence-corrected chi connectivity index (χ3v) is 42.3.